The summed E-state index contributed by atoms with van der Waals surface area (Å²) in [6.45, 7) is 0.525. The molecule has 120 valence electrons. The molecule has 1 heterocycles. The number of benzene rings is 2. The molecule has 0 spiro atoms. The summed E-state index contributed by atoms with van der Waals surface area (Å²) in [7, 11) is 0. The van der Waals surface area contributed by atoms with Crippen LogP contribution >= 0.6 is 0 Å². The third-order valence-electron chi connectivity index (χ3n) is 4.03. The Labute approximate surface area is 142 Å². The van der Waals surface area contributed by atoms with Gasteiger partial charge < -0.3 is 5.32 Å². The first-order valence-corrected chi connectivity index (χ1v) is 8.08. The van der Waals surface area contributed by atoms with Crippen LogP contribution in [0.25, 0.3) is 0 Å². The molecule has 3 nitrogen and oxygen atoms in total. The van der Waals surface area contributed by atoms with Gasteiger partial charge in [-0.05, 0) is 28.8 Å². The van der Waals surface area contributed by atoms with E-state index in [2.05, 4.69) is 34.6 Å². The second-order valence-corrected chi connectivity index (χ2v) is 5.71. The molecule has 0 fully saturated rings. The molecule has 0 unspecified atom stereocenters. The number of aromatic nitrogens is 1. The van der Waals surface area contributed by atoms with Gasteiger partial charge in [-0.15, -0.1) is 0 Å². The van der Waals surface area contributed by atoms with E-state index in [1.165, 1.54) is 0 Å². The molecule has 0 aliphatic heterocycles. The van der Waals surface area contributed by atoms with Gasteiger partial charge in [-0.1, -0.05) is 60.7 Å². The van der Waals surface area contributed by atoms with Gasteiger partial charge in [0, 0.05) is 31.3 Å². The molecule has 2 aromatic carbocycles. The molecule has 24 heavy (non-hydrogen) atoms. The maximum absolute atomic E-state index is 12.4. The second kappa shape index (κ2) is 8.06. The lowest BCUT2D eigenvalue weighted by Gasteiger charge is -2.18. The van der Waals surface area contributed by atoms with Crippen LogP contribution in [-0.4, -0.2) is 10.9 Å². The summed E-state index contributed by atoms with van der Waals surface area (Å²) in [5.41, 5.74) is 3.36. The Morgan fingerprint density at radius 1 is 0.833 bits per heavy atom. The lowest BCUT2D eigenvalue weighted by molar-refractivity contribution is -0.121. The lowest BCUT2D eigenvalue weighted by atomic mass is 9.88. The first-order valence-electron chi connectivity index (χ1n) is 8.08. The Balaban J connectivity index is 1.71. The summed E-state index contributed by atoms with van der Waals surface area (Å²) < 4.78 is 0. The van der Waals surface area contributed by atoms with Crippen molar-refractivity contribution in [3.63, 3.8) is 0 Å². The minimum atomic E-state index is 0.0459. The number of carbonyl (C=O) groups excluding carboxylic acids is 1. The molecule has 0 bridgehead atoms. The van der Waals surface area contributed by atoms with Gasteiger partial charge in [0.25, 0.3) is 0 Å². The molecule has 0 saturated carbocycles. The maximum atomic E-state index is 12.4. The highest BCUT2D eigenvalue weighted by molar-refractivity contribution is 5.77. The van der Waals surface area contributed by atoms with Crippen molar-refractivity contribution in [1.82, 2.24) is 10.3 Å². The maximum Gasteiger partial charge on any atom is 0.221 e. The van der Waals surface area contributed by atoms with Crippen molar-refractivity contribution in [3.05, 3.63) is 102 Å². The number of pyridine rings is 1. The Morgan fingerprint density at radius 2 is 1.38 bits per heavy atom. The first kappa shape index (κ1) is 15.9. The predicted molar refractivity (Wildman–Crippen MR) is 95.4 cm³/mol. The quantitative estimate of drug-likeness (QED) is 0.749. The Hall–Kier alpha value is -2.94. The lowest BCUT2D eigenvalue weighted by Crippen LogP contribution is -2.25. The molecular weight excluding hydrogens is 296 g/mol. The average molecular weight is 316 g/mol. The monoisotopic (exact) mass is 316 g/mol. The normalized spacial score (nSPS) is 10.5. The van der Waals surface area contributed by atoms with Crippen LogP contribution in [-0.2, 0) is 11.3 Å². The van der Waals surface area contributed by atoms with Crippen molar-refractivity contribution < 1.29 is 4.79 Å². The topological polar surface area (TPSA) is 42.0 Å². The van der Waals surface area contributed by atoms with E-state index in [4.69, 9.17) is 0 Å². The fourth-order valence-corrected chi connectivity index (χ4v) is 2.76. The SMILES string of the molecule is O=C(CC(c1ccccc1)c1ccccc1)NCc1ccncc1. The fraction of sp³-hybridized carbons (Fsp3) is 0.143. The van der Waals surface area contributed by atoms with E-state index in [0.29, 0.717) is 13.0 Å². The highest BCUT2D eigenvalue weighted by Crippen LogP contribution is 2.27. The number of carbonyl (C=O) groups is 1. The molecular formula is C21H20N2O. The number of amides is 1. The van der Waals surface area contributed by atoms with Gasteiger partial charge in [0.2, 0.25) is 5.91 Å². The standard InChI is InChI=1S/C21H20N2O/c24-21(23-16-17-11-13-22-14-12-17)15-20(18-7-3-1-4-8-18)19-9-5-2-6-10-19/h1-14,20H,15-16H2,(H,23,24). The Morgan fingerprint density at radius 3 is 1.92 bits per heavy atom. The van der Waals surface area contributed by atoms with Crippen molar-refractivity contribution >= 4 is 5.91 Å². The van der Waals surface area contributed by atoms with E-state index in [1.807, 2.05) is 48.5 Å². The molecule has 3 aromatic rings. The largest absolute Gasteiger partial charge is 0.352 e. The highest BCUT2D eigenvalue weighted by Gasteiger charge is 2.17. The summed E-state index contributed by atoms with van der Waals surface area (Å²) in [6, 6.07) is 24.2. The summed E-state index contributed by atoms with van der Waals surface area (Å²) >= 11 is 0. The molecule has 0 aliphatic rings. The molecule has 3 rings (SSSR count). The average Bonchev–Trinajstić information content (AvgIpc) is 2.67. The van der Waals surface area contributed by atoms with Gasteiger partial charge in [0.1, 0.15) is 0 Å². The first-order chi connectivity index (χ1) is 11.8. The Kier molecular flexibility index (Phi) is 5.36. The summed E-state index contributed by atoms with van der Waals surface area (Å²) in [4.78, 5) is 16.4. The van der Waals surface area contributed by atoms with E-state index < -0.39 is 0 Å². The molecule has 0 aliphatic carbocycles. The minimum absolute atomic E-state index is 0.0459. The van der Waals surface area contributed by atoms with Crippen molar-refractivity contribution in [1.29, 1.82) is 0 Å². The van der Waals surface area contributed by atoms with Crippen molar-refractivity contribution in [2.24, 2.45) is 0 Å². The van der Waals surface area contributed by atoms with E-state index in [1.54, 1.807) is 12.4 Å². The van der Waals surface area contributed by atoms with Crippen LogP contribution in [0.3, 0.4) is 0 Å². The van der Waals surface area contributed by atoms with Crippen LogP contribution < -0.4 is 5.32 Å². The molecule has 1 aromatic heterocycles. The fourth-order valence-electron chi connectivity index (χ4n) is 2.76. The molecule has 0 radical (unpaired) electrons. The third kappa shape index (κ3) is 4.29. The molecule has 1 N–H and O–H groups in total. The Bertz CT molecular complexity index is 718. The predicted octanol–water partition coefficient (Wildman–Crippen LogP) is 3.92. The van der Waals surface area contributed by atoms with Crippen LogP contribution in [0.15, 0.2) is 85.2 Å². The van der Waals surface area contributed by atoms with Crippen LogP contribution in [0, 0.1) is 0 Å². The summed E-state index contributed by atoms with van der Waals surface area (Å²) in [6.07, 6.45) is 3.90. The number of nitrogens with zero attached hydrogens (tertiary/aromatic N) is 1. The zero-order valence-corrected chi connectivity index (χ0v) is 13.4. The number of hydrogen-bond donors (Lipinski definition) is 1. The van der Waals surface area contributed by atoms with Gasteiger partial charge >= 0.3 is 0 Å². The number of rotatable bonds is 6. The van der Waals surface area contributed by atoms with E-state index in [-0.39, 0.29) is 11.8 Å². The van der Waals surface area contributed by atoms with Gasteiger partial charge in [-0.25, -0.2) is 0 Å². The van der Waals surface area contributed by atoms with Gasteiger partial charge in [0.15, 0.2) is 0 Å². The summed E-state index contributed by atoms with van der Waals surface area (Å²) in [5, 5.41) is 3.00. The zero-order chi connectivity index (χ0) is 16.6. The van der Waals surface area contributed by atoms with Crippen molar-refractivity contribution in [2.45, 2.75) is 18.9 Å². The molecule has 3 heteroatoms. The second-order valence-electron chi connectivity index (χ2n) is 5.71. The van der Waals surface area contributed by atoms with E-state index in [0.717, 1.165) is 16.7 Å². The van der Waals surface area contributed by atoms with Crippen LogP contribution in [0.1, 0.15) is 29.0 Å². The van der Waals surface area contributed by atoms with Gasteiger partial charge in [0.05, 0.1) is 0 Å². The van der Waals surface area contributed by atoms with Crippen molar-refractivity contribution in [3.8, 4) is 0 Å². The van der Waals surface area contributed by atoms with E-state index >= 15 is 0 Å². The number of nitrogens with one attached hydrogen (secondary N) is 1. The van der Waals surface area contributed by atoms with Crippen LogP contribution in [0.4, 0.5) is 0 Å². The zero-order valence-electron chi connectivity index (χ0n) is 13.4. The van der Waals surface area contributed by atoms with Crippen molar-refractivity contribution in [2.75, 3.05) is 0 Å². The highest BCUT2D eigenvalue weighted by atomic mass is 16.1. The summed E-state index contributed by atoms with van der Waals surface area (Å²) in [5.74, 6) is 0.106. The van der Waals surface area contributed by atoms with Gasteiger partial charge in [-0.2, -0.15) is 0 Å². The van der Waals surface area contributed by atoms with Crippen LogP contribution in [0.5, 0.6) is 0 Å². The molecule has 1 amide bonds. The molecule has 0 saturated heterocycles. The smallest absolute Gasteiger partial charge is 0.221 e. The number of hydrogen-bond acceptors (Lipinski definition) is 2. The minimum Gasteiger partial charge on any atom is -0.352 e. The third-order valence-corrected chi connectivity index (χ3v) is 4.03. The van der Waals surface area contributed by atoms with E-state index in [9.17, 15) is 4.79 Å². The molecule has 0 atom stereocenters. The van der Waals surface area contributed by atoms with Crippen LogP contribution in [0.2, 0.25) is 0 Å². The van der Waals surface area contributed by atoms with Gasteiger partial charge in [-0.3, -0.25) is 9.78 Å².